The first-order valence-electron chi connectivity index (χ1n) is 8.10. The average molecular weight is 299 g/mol. The summed E-state index contributed by atoms with van der Waals surface area (Å²) in [7, 11) is 4.04. The fourth-order valence-corrected chi connectivity index (χ4v) is 3.41. The lowest BCUT2D eigenvalue weighted by molar-refractivity contribution is -0.118. The third-order valence-corrected chi connectivity index (χ3v) is 4.82. The van der Waals surface area contributed by atoms with Crippen molar-refractivity contribution in [2.75, 3.05) is 38.6 Å². The van der Waals surface area contributed by atoms with Gasteiger partial charge in [-0.2, -0.15) is 0 Å². The number of hydrogen-bond acceptors (Lipinski definition) is 3. The van der Waals surface area contributed by atoms with E-state index in [2.05, 4.69) is 27.2 Å². The summed E-state index contributed by atoms with van der Waals surface area (Å²) in [6, 6.07) is 8.52. The fourth-order valence-electron chi connectivity index (χ4n) is 3.41. The van der Waals surface area contributed by atoms with Crippen molar-refractivity contribution in [3.8, 4) is 0 Å². The predicted octanol–water partition coefficient (Wildman–Crippen LogP) is 1.98. The minimum atomic E-state index is 0.0236. The molecule has 0 saturated carbocycles. The molecule has 3 aliphatic rings. The number of fused-ring (bicyclic) bond motifs is 3. The van der Waals surface area contributed by atoms with Gasteiger partial charge in [0.25, 0.3) is 0 Å². The number of nitrogens with zero attached hydrogens (tertiary/aromatic N) is 2. The van der Waals surface area contributed by atoms with E-state index in [-0.39, 0.29) is 5.91 Å². The Kier molecular flexibility index (Phi) is 4.48. The van der Waals surface area contributed by atoms with Crippen LogP contribution in [0.4, 0.5) is 5.69 Å². The topological polar surface area (TPSA) is 35.6 Å². The number of carbonyl (C=O) groups excluding carboxylic acids is 1. The predicted molar refractivity (Wildman–Crippen MR) is 90.9 cm³/mol. The van der Waals surface area contributed by atoms with E-state index < -0.39 is 0 Å². The van der Waals surface area contributed by atoms with E-state index in [4.69, 9.17) is 0 Å². The van der Waals surface area contributed by atoms with Gasteiger partial charge in [-0.1, -0.05) is 12.1 Å². The Balaban J connectivity index is 1.55. The average Bonchev–Trinajstić information content (AvgIpc) is 2.54. The van der Waals surface area contributed by atoms with Crippen LogP contribution in [0.3, 0.4) is 0 Å². The zero-order valence-corrected chi connectivity index (χ0v) is 13.5. The monoisotopic (exact) mass is 299 g/mol. The molecule has 1 N–H and O–H groups in total. The molecule has 1 atom stereocenters. The Labute approximate surface area is 132 Å². The van der Waals surface area contributed by atoms with Crippen LogP contribution in [0, 0.1) is 5.92 Å². The van der Waals surface area contributed by atoms with E-state index in [1.807, 2.05) is 32.3 Å². The Hall–Kier alpha value is -1.81. The molecule has 1 amide bonds. The van der Waals surface area contributed by atoms with Crippen molar-refractivity contribution in [2.45, 2.75) is 18.9 Å². The van der Waals surface area contributed by atoms with Gasteiger partial charge in [0.05, 0.1) is 0 Å². The molecule has 118 valence electrons. The van der Waals surface area contributed by atoms with Crippen LogP contribution in [0.15, 0.2) is 30.3 Å². The van der Waals surface area contributed by atoms with E-state index in [1.54, 1.807) is 6.08 Å². The molecule has 3 aliphatic heterocycles. The molecule has 1 aromatic rings. The summed E-state index contributed by atoms with van der Waals surface area (Å²) in [4.78, 5) is 16.6. The molecule has 0 spiro atoms. The molecule has 4 heteroatoms. The van der Waals surface area contributed by atoms with Gasteiger partial charge in [-0.05, 0) is 55.6 Å². The number of hydrogen-bond donors (Lipinski definition) is 1. The van der Waals surface area contributed by atoms with Gasteiger partial charge in [0, 0.05) is 38.4 Å². The normalized spacial score (nSPS) is 27.1. The summed E-state index contributed by atoms with van der Waals surface area (Å²) >= 11 is 0. The van der Waals surface area contributed by atoms with E-state index in [1.165, 1.54) is 25.9 Å². The number of carbonyl (C=O) groups is 1. The first-order valence-corrected chi connectivity index (χ1v) is 8.10. The van der Waals surface area contributed by atoms with Crippen LogP contribution in [-0.2, 0) is 4.79 Å². The number of benzene rings is 1. The highest BCUT2D eigenvalue weighted by atomic mass is 16.1. The second-order valence-corrected chi connectivity index (χ2v) is 6.57. The van der Waals surface area contributed by atoms with E-state index >= 15 is 0 Å². The zero-order chi connectivity index (χ0) is 15.5. The summed E-state index contributed by atoms with van der Waals surface area (Å²) in [5.74, 6) is 0.692. The van der Waals surface area contributed by atoms with Gasteiger partial charge < -0.3 is 15.1 Å². The second kappa shape index (κ2) is 6.53. The van der Waals surface area contributed by atoms with E-state index in [0.29, 0.717) is 12.0 Å². The van der Waals surface area contributed by atoms with Crippen LogP contribution in [0.25, 0.3) is 6.08 Å². The second-order valence-electron chi connectivity index (χ2n) is 6.57. The number of rotatable bonds is 4. The Morgan fingerprint density at radius 1 is 1.23 bits per heavy atom. The first-order chi connectivity index (χ1) is 10.6. The van der Waals surface area contributed by atoms with Gasteiger partial charge in [0.15, 0.2) is 0 Å². The van der Waals surface area contributed by atoms with Crippen LogP contribution in [-0.4, -0.2) is 50.6 Å². The van der Waals surface area contributed by atoms with Crippen molar-refractivity contribution in [3.63, 3.8) is 0 Å². The van der Waals surface area contributed by atoms with Gasteiger partial charge >= 0.3 is 0 Å². The van der Waals surface area contributed by atoms with Crippen molar-refractivity contribution >= 4 is 17.7 Å². The molecule has 4 rings (SSSR count). The molecule has 0 radical (unpaired) electrons. The highest BCUT2D eigenvalue weighted by molar-refractivity contribution is 5.92. The maximum absolute atomic E-state index is 12.1. The van der Waals surface area contributed by atoms with E-state index in [9.17, 15) is 4.79 Å². The molecule has 4 nitrogen and oxygen atoms in total. The molecule has 22 heavy (non-hydrogen) atoms. The maximum Gasteiger partial charge on any atom is 0.244 e. The number of amides is 1. The van der Waals surface area contributed by atoms with Crippen LogP contribution in [0.5, 0.6) is 0 Å². The molecule has 0 unspecified atom stereocenters. The Morgan fingerprint density at radius 2 is 1.91 bits per heavy atom. The lowest BCUT2D eigenvalue weighted by atomic mass is 9.84. The fraction of sp³-hybridized carbons (Fsp3) is 0.500. The van der Waals surface area contributed by atoms with Gasteiger partial charge in [-0.3, -0.25) is 4.79 Å². The minimum absolute atomic E-state index is 0.0236. The molecular weight excluding hydrogens is 274 g/mol. The molecule has 3 fully saturated rings. The third-order valence-electron chi connectivity index (χ3n) is 4.82. The smallest absolute Gasteiger partial charge is 0.244 e. The maximum atomic E-state index is 12.1. The summed E-state index contributed by atoms with van der Waals surface area (Å²) in [6.07, 6.45) is 5.99. The first kappa shape index (κ1) is 15.1. The van der Waals surface area contributed by atoms with Crippen molar-refractivity contribution in [1.82, 2.24) is 10.2 Å². The highest BCUT2D eigenvalue weighted by Crippen LogP contribution is 2.27. The summed E-state index contributed by atoms with van der Waals surface area (Å²) in [5, 5.41) is 3.17. The molecule has 0 aromatic heterocycles. The van der Waals surface area contributed by atoms with Gasteiger partial charge in [0.2, 0.25) is 5.91 Å². The number of nitrogens with one attached hydrogen (secondary N) is 1. The Bertz CT molecular complexity index is 542. The van der Waals surface area contributed by atoms with Crippen LogP contribution >= 0.6 is 0 Å². The van der Waals surface area contributed by atoms with Crippen LogP contribution in [0.2, 0.25) is 0 Å². The van der Waals surface area contributed by atoms with Gasteiger partial charge in [-0.25, -0.2) is 0 Å². The number of piperidine rings is 3. The van der Waals surface area contributed by atoms with Crippen molar-refractivity contribution in [1.29, 1.82) is 0 Å². The molecule has 2 bridgehead atoms. The minimum Gasteiger partial charge on any atom is -0.378 e. The van der Waals surface area contributed by atoms with Gasteiger partial charge in [0.1, 0.15) is 0 Å². The van der Waals surface area contributed by atoms with Crippen molar-refractivity contribution in [2.24, 2.45) is 5.92 Å². The summed E-state index contributed by atoms with van der Waals surface area (Å²) < 4.78 is 0. The SMILES string of the molecule is CN(C)c1ccc(/C=C/C(=O)N[C@H]2CN3CCC2CC3)cc1. The van der Waals surface area contributed by atoms with Crippen molar-refractivity contribution in [3.05, 3.63) is 35.9 Å². The zero-order valence-electron chi connectivity index (χ0n) is 13.5. The molecule has 3 saturated heterocycles. The molecule has 1 aromatic carbocycles. The Morgan fingerprint density at radius 3 is 2.45 bits per heavy atom. The molecular formula is C18H25N3O. The standard InChI is InChI=1S/C18H25N3O/c1-20(2)16-6-3-14(4-7-16)5-8-18(22)19-17-13-21-11-9-15(17)10-12-21/h3-8,15,17H,9-13H2,1-2H3,(H,19,22)/b8-5+/t17-/m0/s1. The summed E-state index contributed by atoms with van der Waals surface area (Å²) in [6.45, 7) is 3.41. The lowest BCUT2D eigenvalue weighted by Crippen LogP contribution is -2.57. The highest BCUT2D eigenvalue weighted by Gasteiger charge is 2.34. The lowest BCUT2D eigenvalue weighted by Gasteiger charge is -2.44. The summed E-state index contributed by atoms with van der Waals surface area (Å²) in [5.41, 5.74) is 2.21. The number of anilines is 1. The van der Waals surface area contributed by atoms with E-state index in [0.717, 1.165) is 17.8 Å². The largest absolute Gasteiger partial charge is 0.378 e. The third kappa shape index (κ3) is 3.50. The molecule has 0 aliphatic carbocycles. The van der Waals surface area contributed by atoms with Crippen LogP contribution < -0.4 is 10.2 Å². The molecule has 3 heterocycles. The van der Waals surface area contributed by atoms with Crippen LogP contribution in [0.1, 0.15) is 18.4 Å². The van der Waals surface area contributed by atoms with Crippen molar-refractivity contribution < 1.29 is 4.79 Å². The van der Waals surface area contributed by atoms with Gasteiger partial charge in [-0.15, -0.1) is 0 Å². The quantitative estimate of drug-likeness (QED) is 0.864.